The topological polar surface area (TPSA) is 237 Å². The van der Waals surface area contributed by atoms with Crippen LogP contribution in [0.4, 0.5) is 0 Å². The van der Waals surface area contributed by atoms with Gasteiger partial charge in [0.05, 0.1) is 26.4 Å². The highest BCUT2D eigenvalue weighted by Crippen LogP contribution is 2.45. The first kappa shape index (κ1) is 88.1. The highest BCUT2D eigenvalue weighted by molar-refractivity contribution is 7.47. The van der Waals surface area contributed by atoms with Crippen molar-refractivity contribution in [2.24, 2.45) is 11.8 Å². The Bertz CT molecular complexity index is 1750. The Kier molecular flexibility index (Phi) is 61.8. The van der Waals surface area contributed by atoms with Crippen molar-refractivity contribution in [3.05, 3.63) is 0 Å². The van der Waals surface area contributed by atoms with Crippen molar-refractivity contribution in [1.29, 1.82) is 0 Å². The molecule has 19 heteroatoms. The highest BCUT2D eigenvalue weighted by atomic mass is 31.2. The predicted molar refractivity (Wildman–Crippen MR) is 363 cm³/mol. The van der Waals surface area contributed by atoms with Crippen molar-refractivity contribution in [3.8, 4) is 0 Å². The maximum atomic E-state index is 13.0. The van der Waals surface area contributed by atoms with Crippen LogP contribution in [0, 0.1) is 11.8 Å². The Morgan fingerprint density at radius 1 is 0.300 bits per heavy atom. The second-order valence-corrected chi connectivity index (χ2v) is 29.5. The van der Waals surface area contributed by atoms with E-state index in [1.807, 2.05) is 0 Å². The van der Waals surface area contributed by atoms with Crippen LogP contribution in [0.1, 0.15) is 363 Å². The lowest BCUT2D eigenvalue weighted by Crippen LogP contribution is -2.30. The van der Waals surface area contributed by atoms with Crippen molar-refractivity contribution >= 4 is 39.5 Å². The van der Waals surface area contributed by atoms with Gasteiger partial charge in [-0.05, 0) is 37.5 Å². The molecular weight excluding hydrogens is 1190 g/mol. The lowest BCUT2D eigenvalue weighted by molar-refractivity contribution is -0.161. The van der Waals surface area contributed by atoms with Crippen molar-refractivity contribution < 1.29 is 80.2 Å². The van der Waals surface area contributed by atoms with Crippen LogP contribution in [-0.4, -0.2) is 96.7 Å². The minimum absolute atomic E-state index is 0.107. The zero-order valence-electron chi connectivity index (χ0n) is 58.4. The van der Waals surface area contributed by atoms with E-state index in [0.717, 1.165) is 108 Å². The van der Waals surface area contributed by atoms with Gasteiger partial charge < -0.3 is 33.8 Å². The second kappa shape index (κ2) is 63.1. The first-order chi connectivity index (χ1) is 43.4. The van der Waals surface area contributed by atoms with Crippen LogP contribution in [-0.2, 0) is 65.4 Å². The van der Waals surface area contributed by atoms with E-state index in [-0.39, 0.29) is 25.7 Å². The van der Waals surface area contributed by atoms with Gasteiger partial charge in [0.2, 0.25) is 0 Å². The first-order valence-corrected chi connectivity index (χ1v) is 40.0. The molecule has 0 aromatic carbocycles. The average Bonchev–Trinajstić information content (AvgIpc) is 2.93. The molecule has 0 aromatic heterocycles. The zero-order chi connectivity index (χ0) is 66.5. The smallest absolute Gasteiger partial charge is 0.462 e. The van der Waals surface area contributed by atoms with Gasteiger partial charge in [-0.2, -0.15) is 0 Å². The fourth-order valence-electron chi connectivity index (χ4n) is 10.8. The first-order valence-electron chi connectivity index (χ1n) is 37.0. The molecule has 0 heterocycles. The van der Waals surface area contributed by atoms with Crippen LogP contribution in [0.25, 0.3) is 0 Å². The summed E-state index contributed by atoms with van der Waals surface area (Å²) in [7, 11) is -9.89. The number of phosphoric acid groups is 2. The fourth-order valence-corrected chi connectivity index (χ4v) is 12.3. The molecule has 0 aliphatic rings. The molecule has 5 atom stereocenters. The Balaban J connectivity index is 5.15. The van der Waals surface area contributed by atoms with E-state index >= 15 is 0 Å². The maximum absolute atomic E-state index is 13.0. The van der Waals surface area contributed by atoms with Gasteiger partial charge in [0.15, 0.2) is 12.2 Å². The number of hydrogen-bond donors (Lipinski definition) is 3. The fraction of sp³-hybridized carbons (Fsp3) is 0.944. The van der Waals surface area contributed by atoms with E-state index in [4.69, 9.17) is 37.0 Å². The minimum atomic E-state index is -4.95. The van der Waals surface area contributed by atoms with Gasteiger partial charge in [-0.25, -0.2) is 9.13 Å². The summed E-state index contributed by atoms with van der Waals surface area (Å²) >= 11 is 0. The Morgan fingerprint density at radius 2 is 0.511 bits per heavy atom. The molecular formula is C71H138O17P2. The van der Waals surface area contributed by atoms with Crippen LogP contribution in [0.5, 0.6) is 0 Å². The Labute approximate surface area is 549 Å². The Morgan fingerprint density at radius 3 is 0.756 bits per heavy atom. The van der Waals surface area contributed by atoms with Gasteiger partial charge in [-0.1, -0.05) is 311 Å². The molecule has 90 heavy (non-hydrogen) atoms. The van der Waals surface area contributed by atoms with Gasteiger partial charge in [0.25, 0.3) is 0 Å². The molecule has 2 unspecified atom stereocenters. The monoisotopic (exact) mass is 1320 g/mol. The molecule has 17 nitrogen and oxygen atoms in total. The number of esters is 4. The van der Waals surface area contributed by atoms with E-state index < -0.39 is 97.5 Å². The number of rotatable bonds is 70. The zero-order valence-corrected chi connectivity index (χ0v) is 60.2. The van der Waals surface area contributed by atoms with Crippen molar-refractivity contribution in [3.63, 3.8) is 0 Å². The van der Waals surface area contributed by atoms with E-state index in [1.54, 1.807) is 0 Å². The third kappa shape index (κ3) is 64.8. The third-order valence-corrected chi connectivity index (χ3v) is 18.4. The van der Waals surface area contributed by atoms with Gasteiger partial charge in [-0.3, -0.25) is 37.3 Å². The number of unbranched alkanes of at least 4 members (excludes halogenated alkanes) is 40. The normalized spacial score (nSPS) is 14.1. The van der Waals surface area contributed by atoms with Crippen LogP contribution in [0.2, 0.25) is 0 Å². The number of carbonyl (C=O) groups excluding carboxylic acids is 4. The molecule has 0 rings (SSSR count). The van der Waals surface area contributed by atoms with Gasteiger partial charge in [0, 0.05) is 25.7 Å². The van der Waals surface area contributed by atoms with Crippen molar-refractivity contribution in [2.75, 3.05) is 39.6 Å². The summed E-state index contributed by atoms with van der Waals surface area (Å²) in [4.78, 5) is 72.3. The van der Waals surface area contributed by atoms with E-state index in [0.29, 0.717) is 25.7 Å². The molecule has 0 amide bonds. The SMILES string of the molecule is CCCCCCCCCCCCCCCCCC(=O)O[C@H](COC(=O)CCCCCCC)COP(=O)(O)OC[C@H](O)COP(=O)(O)OC[C@@H](COC(=O)CCCCCCCCCCCCCCC(C)C)OC(=O)CCCCCCCCCCCCCCC(C)C. The number of ether oxygens (including phenoxy) is 4. The van der Waals surface area contributed by atoms with Gasteiger partial charge >= 0.3 is 39.5 Å². The summed E-state index contributed by atoms with van der Waals surface area (Å²) < 4.78 is 68.1. The molecule has 3 N–H and O–H groups in total. The predicted octanol–water partition coefficient (Wildman–Crippen LogP) is 20.4. The van der Waals surface area contributed by atoms with E-state index in [2.05, 4.69) is 41.5 Å². The van der Waals surface area contributed by atoms with Gasteiger partial charge in [-0.15, -0.1) is 0 Å². The van der Waals surface area contributed by atoms with Crippen molar-refractivity contribution in [1.82, 2.24) is 0 Å². The highest BCUT2D eigenvalue weighted by Gasteiger charge is 2.30. The molecule has 0 saturated carbocycles. The Hall–Kier alpha value is -1.94. The molecule has 0 bridgehead atoms. The number of aliphatic hydroxyl groups is 1. The summed E-state index contributed by atoms with van der Waals surface area (Å²) in [6.45, 7) is 9.50. The quantitative estimate of drug-likeness (QED) is 0.0222. The summed E-state index contributed by atoms with van der Waals surface area (Å²) in [6, 6.07) is 0. The van der Waals surface area contributed by atoms with Crippen LogP contribution < -0.4 is 0 Å². The number of hydrogen-bond acceptors (Lipinski definition) is 15. The lowest BCUT2D eigenvalue weighted by atomic mass is 10.0. The summed E-state index contributed by atoms with van der Waals surface area (Å²) in [5.41, 5.74) is 0. The van der Waals surface area contributed by atoms with E-state index in [9.17, 15) is 43.2 Å². The third-order valence-electron chi connectivity index (χ3n) is 16.5. The van der Waals surface area contributed by atoms with Crippen LogP contribution in [0.15, 0.2) is 0 Å². The molecule has 0 aromatic rings. The molecule has 0 radical (unpaired) electrons. The average molecular weight is 1330 g/mol. The van der Waals surface area contributed by atoms with E-state index in [1.165, 1.54) is 173 Å². The van der Waals surface area contributed by atoms with Crippen molar-refractivity contribution in [2.45, 2.75) is 381 Å². The molecule has 0 aliphatic carbocycles. The van der Waals surface area contributed by atoms with Crippen LogP contribution >= 0.6 is 15.6 Å². The van der Waals surface area contributed by atoms with Gasteiger partial charge in [0.1, 0.15) is 19.3 Å². The number of carbonyl (C=O) groups is 4. The summed E-state index contributed by atoms with van der Waals surface area (Å²) in [5.74, 6) is -0.574. The molecule has 0 spiro atoms. The largest absolute Gasteiger partial charge is 0.472 e. The number of aliphatic hydroxyl groups excluding tert-OH is 1. The molecule has 0 aliphatic heterocycles. The van der Waals surface area contributed by atoms with Crippen LogP contribution in [0.3, 0.4) is 0 Å². The standard InChI is InChI=1S/C71H138O17P2/c1-7-9-11-13-14-15-16-17-18-19-27-32-37-43-49-55-70(75)87-66(59-81-68(73)53-47-39-12-10-8-2)61-85-89(77,78)83-57-65(72)58-84-90(79,80)86-62-67(88-71(76)56-50-44-38-33-28-23-21-25-30-35-41-46-52-64(5)6)60-82-69(74)54-48-42-36-31-26-22-20-24-29-34-40-45-51-63(3)4/h63-67,72H,7-62H2,1-6H3,(H,77,78)(H,79,80)/t65-,66+,67+/m0/s1. The minimum Gasteiger partial charge on any atom is -0.462 e. The molecule has 0 fully saturated rings. The maximum Gasteiger partial charge on any atom is 0.472 e. The number of phosphoric ester groups is 2. The molecule has 0 saturated heterocycles. The lowest BCUT2D eigenvalue weighted by Gasteiger charge is -2.21. The molecule has 534 valence electrons. The summed E-state index contributed by atoms with van der Waals surface area (Å²) in [5, 5.41) is 10.6. The summed E-state index contributed by atoms with van der Waals surface area (Å²) in [6.07, 6.45) is 48.9. The second-order valence-electron chi connectivity index (χ2n) is 26.6.